The molecule has 0 amide bonds. The Morgan fingerprint density at radius 2 is 2.17 bits per heavy atom. The summed E-state index contributed by atoms with van der Waals surface area (Å²) in [5.41, 5.74) is 3.85. The first kappa shape index (κ1) is 19.1. The first-order chi connectivity index (χ1) is 14.1. The van der Waals surface area contributed by atoms with Crippen LogP contribution in [0.2, 0.25) is 0 Å². The SMILES string of the molecule is C#Cc1cnc2n1-c1ccc(Br)cc1C(c1ccccn1)=NC2CCC(=O)OC. The second-order valence-electron chi connectivity index (χ2n) is 6.47. The fourth-order valence-electron chi connectivity index (χ4n) is 3.39. The molecule has 1 aliphatic rings. The first-order valence-corrected chi connectivity index (χ1v) is 9.82. The Balaban J connectivity index is 1.96. The normalized spacial score (nSPS) is 14.8. The molecule has 0 saturated heterocycles. The number of ether oxygens (including phenoxy) is 1. The van der Waals surface area contributed by atoms with Crippen molar-refractivity contribution in [3.63, 3.8) is 0 Å². The number of hydrogen-bond acceptors (Lipinski definition) is 5. The lowest BCUT2D eigenvalue weighted by molar-refractivity contribution is -0.140. The minimum Gasteiger partial charge on any atom is -0.469 e. The maximum absolute atomic E-state index is 11.8. The monoisotopic (exact) mass is 448 g/mol. The van der Waals surface area contributed by atoms with Crippen molar-refractivity contribution < 1.29 is 9.53 Å². The number of rotatable bonds is 4. The Kier molecular flexibility index (Phi) is 5.28. The van der Waals surface area contributed by atoms with Crippen molar-refractivity contribution in [2.75, 3.05) is 7.11 Å². The second kappa shape index (κ2) is 8.02. The fraction of sp³-hybridized carbons (Fsp3) is 0.182. The van der Waals surface area contributed by atoms with Gasteiger partial charge in [-0.2, -0.15) is 0 Å². The van der Waals surface area contributed by atoms with E-state index >= 15 is 0 Å². The number of nitrogens with zero attached hydrogens (tertiary/aromatic N) is 4. The molecule has 1 unspecified atom stereocenters. The van der Waals surface area contributed by atoms with Crippen LogP contribution in [0.25, 0.3) is 5.69 Å². The smallest absolute Gasteiger partial charge is 0.305 e. The van der Waals surface area contributed by atoms with E-state index in [4.69, 9.17) is 16.2 Å². The number of hydrogen-bond donors (Lipinski definition) is 0. The minimum absolute atomic E-state index is 0.221. The van der Waals surface area contributed by atoms with E-state index in [1.807, 2.05) is 41.0 Å². The number of halogens is 1. The lowest BCUT2D eigenvalue weighted by atomic mass is 10.0. The molecular formula is C22H17BrN4O2. The Bertz CT molecular complexity index is 1150. The van der Waals surface area contributed by atoms with Crippen LogP contribution in [0.15, 0.2) is 58.3 Å². The molecule has 0 aliphatic carbocycles. The van der Waals surface area contributed by atoms with Gasteiger partial charge in [0.15, 0.2) is 0 Å². The zero-order chi connectivity index (χ0) is 20.4. The highest BCUT2D eigenvalue weighted by atomic mass is 79.9. The molecule has 1 aliphatic heterocycles. The molecule has 3 aromatic rings. The van der Waals surface area contributed by atoms with E-state index in [0.717, 1.165) is 27.1 Å². The molecule has 3 heterocycles. The van der Waals surface area contributed by atoms with Crippen LogP contribution in [0.4, 0.5) is 0 Å². The van der Waals surface area contributed by atoms with E-state index in [9.17, 15) is 4.79 Å². The molecule has 7 heteroatoms. The number of imidazole rings is 1. The van der Waals surface area contributed by atoms with Gasteiger partial charge < -0.3 is 4.74 Å². The molecule has 0 saturated carbocycles. The van der Waals surface area contributed by atoms with Crippen LogP contribution in [-0.4, -0.2) is 33.3 Å². The van der Waals surface area contributed by atoms with Crippen molar-refractivity contribution in [1.29, 1.82) is 0 Å². The zero-order valence-electron chi connectivity index (χ0n) is 15.7. The summed E-state index contributed by atoms with van der Waals surface area (Å²) in [5.74, 6) is 3.10. The summed E-state index contributed by atoms with van der Waals surface area (Å²) >= 11 is 3.55. The van der Waals surface area contributed by atoms with Crippen LogP contribution in [0.5, 0.6) is 0 Å². The van der Waals surface area contributed by atoms with E-state index in [1.165, 1.54) is 7.11 Å². The van der Waals surface area contributed by atoms with E-state index in [0.29, 0.717) is 17.9 Å². The molecular weight excluding hydrogens is 432 g/mol. The zero-order valence-corrected chi connectivity index (χ0v) is 17.3. The maximum atomic E-state index is 11.8. The van der Waals surface area contributed by atoms with E-state index < -0.39 is 0 Å². The second-order valence-corrected chi connectivity index (χ2v) is 7.38. The topological polar surface area (TPSA) is 69.4 Å². The van der Waals surface area contributed by atoms with Gasteiger partial charge in [0.25, 0.3) is 0 Å². The van der Waals surface area contributed by atoms with E-state index in [2.05, 4.69) is 31.8 Å². The van der Waals surface area contributed by atoms with Gasteiger partial charge in [0, 0.05) is 22.7 Å². The minimum atomic E-state index is -0.376. The van der Waals surface area contributed by atoms with Crippen LogP contribution in [-0.2, 0) is 9.53 Å². The van der Waals surface area contributed by atoms with Crippen LogP contribution in [0.1, 0.15) is 41.7 Å². The van der Waals surface area contributed by atoms with Gasteiger partial charge in [-0.05, 0) is 36.8 Å². The van der Waals surface area contributed by atoms with Gasteiger partial charge in [-0.15, -0.1) is 6.42 Å². The summed E-state index contributed by atoms with van der Waals surface area (Å²) in [6.45, 7) is 0. The van der Waals surface area contributed by atoms with Gasteiger partial charge in [-0.3, -0.25) is 19.3 Å². The summed E-state index contributed by atoms with van der Waals surface area (Å²) in [5, 5.41) is 0. The van der Waals surface area contributed by atoms with E-state index in [-0.39, 0.29) is 18.4 Å². The maximum Gasteiger partial charge on any atom is 0.305 e. The Hall–Kier alpha value is -3.24. The number of carbonyl (C=O) groups excluding carboxylic acids is 1. The Morgan fingerprint density at radius 3 is 2.90 bits per heavy atom. The molecule has 0 fully saturated rings. The molecule has 1 atom stereocenters. The van der Waals surface area contributed by atoms with Gasteiger partial charge in [0.2, 0.25) is 0 Å². The number of benzene rings is 1. The third-order valence-corrected chi connectivity index (χ3v) is 5.22. The highest BCUT2D eigenvalue weighted by molar-refractivity contribution is 9.10. The van der Waals surface area contributed by atoms with Gasteiger partial charge in [0.05, 0.1) is 30.4 Å². The summed E-state index contributed by atoms with van der Waals surface area (Å²) < 4.78 is 7.66. The highest BCUT2D eigenvalue weighted by Gasteiger charge is 2.28. The van der Waals surface area contributed by atoms with Crippen LogP contribution >= 0.6 is 15.9 Å². The molecule has 6 nitrogen and oxygen atoms in total. The number of methoxy groups -OCH3 is 1. The molecule has 144 valence electrons. The number of aliphatic imine (C=N–C) groups is 1. The van der Waals surface area contributed by atoms with Gasteiger partial charge >= 0.3 is 5.97 Å². The Morgan fingerprint density at radius 1 is 1.31 bits per heavy atom. The van der Waals surface area contributed by atoms with E-state index in [1.54, 1.807) is 12.4 Å². The van der Waals surface area contributed by atoms with Crippen LogP contribution in [0, 0.1) is 12.3 Å². The third kappa shape index (κ3) is 3.59. The van der Waals surface area contributed by atoms with Gasteiger partial charge in [0.1, 0.15) is 17.6 Å². The lowest BCUT2D eigenvalue weighted by Gasteiger charge is -2.13. The third-order valence-electron chi connectivity index (χ3n) is 4.73. The van der Waals surface area contributed by atoms with Crippen molar-refractivity contribution in [3.8, 4) is 18.0 Å². The average molecular weight is 449 g/mol. The van der Waals surface area contributed by atoms with Crippen molar-refractivity contribution in [1.82, 2.24) is 14.5 Å². The van der Waals surface area contributed by atoms with Crippen LogP contribution < -0.4 is 0 Å². The van der Waals surface area contributed by atoms with Crippen molar-refractivity contribution >= 4 is 27.6 Å². The fourth-order valence-corrected chi connectivity index (χ4v) is 3.75. The number of fused-ring (bicyclic) bond motifs is 3. The van der Waals surface area contributed by atoms with Gasteiger partial charge in [-0.25, -0.2) is 4.98 Å². The van der Waals surface area contributed by atoms with Crippen LogP contribution in [0.3, 0.4) is 0 Å². The van der Waals surface area contributed by atoms with Crippen molar-refractivity contribution in [2.45, 2.75) is 18.9 Å². The molecule has 0 spiro atoms. The number of pyridine rings is 1. The number of aromatic nitrogens is 3. The molecule has 29 heavy (non-hydrogen) atoms. The average Bonchev–Trinajstić information content (AvgIpc) is 3.12. The highest BCUT2D eigenvalue weighted by Crippen LogP contribution is 2.34. The predicted molar refractivity (Wildman–Crippen MR) is 113 cm³/mol. The molecule has 0 radical (unpaired) electrons. The standard InChI is InChI=1S/C22H17BrN4O2/c1-3-15-13-25-22-18(8-10-20(28)29-2)26-21(17-6-4-5-11-24-17)16-12-14(23)7-9-19(16)27(15)22/h1,4-7,9,11-13,18H,8,10H2,2H3. The Labute approximate surface area is 176 Å². The van der Waals surface area contributed by atoms with Crippen molar-refractivity contribution in [3.05, 3.63) is 76.0 Å². The first-order valence-electron chi connectivity index (χ1n) is 9.03. The summed E-state index contributed by atoms with van der Waals surface area (Å²) in [6, 6.07) is 11.2. The van der Waals surface area contributed by atoms with Crippen molar-refractivity contribution in [2.24, 2.45) is 4.99 Å². The molecule has 4 rings (SSSR count). The summed E-state index contributed by atoms with van der Waals surface area (Å²) in [4.78, 5) is 25.8. The largest absolute Gasteiger partial charge is 0.469 e. The number of esters is 1. The number of terminal acetylenes is 1. The quantitative estimate of drug-likeness (QED) is 0.448. The molecule has 0 N–H and O–H groups in total. The molecule has 2 aromatic heterocycles. The number of carbonyl (C=O) groups is 1. The van der Waals surface area contributed by atoms with Gasteiger partial charge in [-0.1, -0.05) is 27.9 Å². The molecule has 0 bridgehead atoms. The lowest BCUT2D eigenvalue weighted by Crippen LogP contribution is -2.09. The predicted octanol–water partition coefficient (Wildman–Crippen LogP) is 3.86. The summed E-state index contributed by atoms with van der Waals surface area (Å²) in [6.07, 6.45) is 9.80. The summed E-state index contributed by atoms with van der Waals surface area (Å²) in [7, 11) is 1.38. The molecule has 1 aromatic carbocycles.